The molecule has 2 aromatic rings. The first-order valence-corrected chi connectivity index (χ1v) is 8.31. The smallest absolute Gasteiger partial charge is 0.231 e. The molecule has 0 aliphatic carbocycles. The van der Waals surface area contributed by atoms with Gasteiger partial charge in [-0.15, -0.1) is 11.3 Å². The lowest BCUT2D eigenvalue weighted by atomic mass is 9.97. The Balaban J connectivity index is 2.01. The van der Waals surface area contributed by atoms with E-state index >= 15 is 0 Å². The highest BCUT2D eigenvalue weighted by Crippen LogP contribution is 2.38. The Morgan fingerprint density at radius 1 is 1.46 bits per heavy atom. The van der Waals surface area contributed by atoms with Crippen molar-refractivity contribution in [2.24, 2.45) is 10.7 Å². The summed E-state index contributed by atoms with van der Waals surface area (Å²) in [6.07, 6.45) is 1.91. The SMILES string of the molecule is CN1C(=O)C[C@@](C)(c2ncc(-c3cc(Cl)cc(C#N)c3)s2)N=C1N. The van der Waals surface area contributed by atoms with Crippen LogP contribution in [0.2, 0.25) is 5.02 Å². The molecule has 2 N–H and O–H groups in total. The summed E-state index contributed by atoms with van der Waals surface area (Å²) in [7, 11) is 1.60. The molecule has 3 rings (SSSR count). The number of nitrogens with two attached hydrogens (primary N) is 1. The Hall–Kier alpha value is -2.43. The van der Waals surface area contributed by atoms with Crippen LogP contribution in [-0.4, -0.2) is 28.8 Å². The summed E-state index contributed by atoms with van der Waals surface area (Å²) in [5, 5.41) is 10.3. The van der Waals surface area contributed by atoms with Gasteiger partial charge in [0.15, 0.2) is 5.96 Å². The summed E-state index contributed by atoms with van der Waals surface area (Å²) >= 11 is 7.47. The maximum atomic E-state index is 12.1. The number of hydrogen-bond donors (Lipinski definition) is 1. The topological polar surface area (TPSA) is 95.4 Å². The molecule has 1 aliphatic heterocycles. The zero-order valence-corrected chi connectivity index (χ0v) is 14.6. The molecule has 1 aromatic heterocycles. The largest absolute Gasteiger partial charge is 0.369 e. The molecule has 1 atom stereocenters. The van der Waals surface area contributed by atoms with Gasteiger partial charge >= 0.3 is 0 Å². The van der Waals surface area contributed by atoms with Crippen molar-refractivity contribution in [1.82, 2.24) is 9.88 Å². The number of nitrogens with zero attached hydrogens (tertiary/aromatic N) is 4. The number of guanidine groups is 1. The fraction of sp³-hybridized carbons (Fsp3) is 0.250. The number of aromatic nitrogens is 1. The lowest BCUT2D eigenvalue weighted by Gasteiger charge is -2.31. The number of carbonyl (C=O) groups excluding carboxylic acids is 1. The average Bonchev–Trinajstić information content (AvgIpc) is 3.03. The second kappa shape index (κ2) is 5.89. The highest BCUT2D eigenvalue weighted by Gasteiger charge is 2.38. The van der Waals surface area contributed by atoms with Gasteiger partial charge in [0.05, 0.1) is 22.9 Å². The molecular weight excluding hydrogens is 346 g/mol. The van der Waals surface area contributed by atoms with E-state index < -0.39 is 5.54 Å². The number of hydrogen-bond acceptors (Lipinski definition) is 6. The molecule has 8 heteroatoms. The fourth-order valence-corrected chi connectivity index (χ4v) is 3.71. The van der Waals surface area contributed by atoms with Crippen LogP contribution in [0.5, 0.6) is 0 Å². The average molecular weight is 360 g/mol. The van der Waals surface area contributed by atoms with Crippen molar-refractivity contribution < 1.29 is 4.79 Å². The molecule has 0 fully saturated rings. The molecule has 6 nitrogen and oxygen atoms in total. The van der Waals surface area contributed by atoms with Crippen LogP contribution in [0, 0.1) is 11.3 Å². The summed E-state index contributed by atoms with van der Waals surface area (Å²) < 4.78 is 0. The first kappa shape index (κ1) is 16.4. The van der Waals surface area contributed by atoms with Crippen LogP contribution in [0.1, 0.15) is 23.9 Å². The van der Waals surface area contributed by atoms with E-state index in [-0.39, 0.29) is 18.3 Å². The lowest BCUT2D eigenvalue weighted by Crippen LogP contribution is -2.47. The molecule has 0 saturated heterocycles. The van der Waals surface area contributed by atoms with Crippen molar-refractivity contribution in [2.75, 3.05) is 7.05 Å². The van der Waals surface area contributed by atoms with E-state index in [2.05, 4.69) is 16.0 Å². The second-order valence-electron chi connectivity index (χ2n) is 5.74. The van der Waals surface area contributed by atoms with E-state index in [1.54, 1.807) is 31.4 Å². The quantitative estimate of drug-likeness (QED) is 0.891. The molecule has 122 valence electrons. The van der Waals surface area contributed by atoms with Crippen molar-refractivity contribution in [1.29, 1.82) is 5.26 Å². The Bertz CT molecular complexity index is 900. The maximum absolute atomic E-state index is 12.1. The van der Waals surface area contributed by atoms with Crippen LogP contribution in [-0.2, 0) is 10.3 Å². The monoisotopic (exact) mass is 359 g/mol. The molecule has 0 saturated carbocycles. The lowest BCUT2D eigenvalue weighted by molar-refractivity contribution is -0.128. The van der Waals surface area contributed by atoms with Gasteiger partial charge in [0.25, 0.3) is 0 Å². The Morgan fingerprint density at radius 3 is 2.88 bits per heavy atom. The molecule has 2 heterocycles. The van der Waals surface area contributed by atoms with E-state index in [9.17, 15) is 4.79 Å². The first-order chi connectivity index (χ1) is 11.3. The van der Waals surface area contributed by atoms with Gasteiger partial charge in [-0.3, -0.25) is 9.69 Å². The van der Waals surface area contributed by atoms with Crippen molar-refractivity contribution in [3.8, 4) is 16.5 Å². The Kier molecular flexibility index (Phi) is 4.03. The van der Waals surface area contributed by atoms with Crippen LogP contribution in [0.25, 0.3) is 10.4 Å². The number of rotatable bonds is 2. The summed E-state index contributed by atoms with van der Waals surface area (Å²) in [6, 6.07) is 7.22. The zero-order chi connectivity index (χ0) is 17.5. The molecule has 0 spiro atoms. The van der Waals surface area contributed by atoms with Crippen molar-refractivity contribution in [2.45, 2.75) is 18.9 Å². The number of thiazole rings is 1. The molecule has 0 unspecified atom stereocenters. The molecule has 0 radical (unpaired) electrons. The van der Waals surface area contributed by atoms with Crippen LogP contribution in [0.3, 0.4) is 0 Å². The molecule has 24 heavy (non-hydrogen) atoms. The number of nitriles is 1. The van der Waals surface area contributed by atoms with Gasteiger partial charge < -0.3 is 5.73 Å². The van der Waals surface area contributed by atoms with E-state index in [1.165, 1.54) is 16.2 Å². The first-order valence-electron chi connectivity index (χ1n) is 7.11. The molecule has 1 aromatic carbocycles. The van der Waals surface area contributed by atoms with Crippen LogP contribution in [0.15, 0.2) is 29.4 Å². The second-order valence-corrected chi connectivity index (χ2v) is 7.21. The highest BCUT2D eigenvalue weighted by atomic mass is 35.5. The van der Waals surface area contributed by atoms with Gasteiger partial charge in [-0.2, -0.15) is 5.26 Å². The van der Waals surface area contributed by atoms with E-state index in [1.807, 2.05) is 6.92 Å². The molecule has 1 aliphatic rings. The third-order valence-corrected chi connectivity index (χ3v) is 5.37. The Labute approximate surface area is 148 Å². The predicted octanol–water partition coefficient (Wildman–Crippen LogP) is 2.73. The minimum absolute atomic E-state index is 0.101. The normalized spacial score (nSPS) is 20.7. The van der Waals surface area contributed by atoms with Gasteiger partial charge in [-0.25, -0.2) is 9.98 Å². The van der Waals surface area contributed by atoms with Gasteiger partial charge in [0.1, 0.15) is 10.5 Å². The maximum Gasteiger partial charge on any atom is 0.231 e. The highest BCUT2D eigenvalue weighted by molar-refractivity contribution is 7.15. The van der Waals surface area contributed by atoms with Gasteiger partial charge in [0, 0.05) is 18.3 Å². The number of amides is 1. The Morgan fingerprint density at radius 2 is 2.21 bits per heavy atom. The van der Waals surface area contributed by atoms with Crippen molar-refractivity contribution in [3.05, 3.63) is 40.0 Å². The third kappa shape index (κ3) is 2.86. The molecular formula is C16H14ClN5OS. The third-order valence-electron chi connectivity index (χ3n) is 3.85. The summed E-state index contributed by atoms with van der Waals surface area (Å²) in [6.45, 7) is 1.84. The number of benzene rings is 1. The number of carbonyl (C=O) groups is 1. The zero-order valence-electron chi connectivity index (χ0n) is 13.1. The van der Waals surface area contributed by atoms with Gasteiger partial charge in [-0.05, 0) is 30.7 Å². The van der Waals surface area contributed by atoms with Gasteiger partial charge in [-0.1, -0.05) is 11.6 Å². The summed E-state index contributed by atoms with van der Waals surface area (Å²) in [5.74, 6) is 0.0799. The number of aliphatic imine (C=N–C) groups is 1. The minimum atomic E-state index is -0.784. The van der Waals surface area contributed by atoms with Crippen LogP contribution in [0.4, 0.5) is 0 Å². The predicted molar refractivity (Wildman–Crippen MR) is 93.6 cm³/mol. The summed E-state index contributed by atoms with van der Waals surface area (Å²) in [5.41, 5.74) is 6.34. The minimum Gasteiger partial charge on any atom is -0.369 e. The van der Waals surface area contributed by atoms with Crippen molar-refractivity contribution >= 4 is 34.8 Å². The summed E-state index contributed by atoms with van der Waals surface area (Å²) in [4.78, 5) is 23.1. The van der Waals surface area contributed by atoms with E-state index in [0.29, 0.717) is 15.6 Å². The fourth-order valence-electron chi connectivity index (χ4n) is 2.48. The standard InChI is InChI=1S/C16H14ClN5OS/c1-16(6-13(23)22(2)15(19)21-16)14-20-8-12(24-14)10-3-9(7-18)4-11(17)5-10/h3-5,8H,6H2,1-2H3,(H2,19,21)/t16-/m0/s1. The molecule has 0 bridgehead atoms. The number of halogens is 1. The van der Waals surface area contributed by atoms with Crippen molar-refractivity contribution in [3.63, 3.8) is 0 Å². The van der Waals surface area contributed by atoms with Crippen LogP contribution < -0.4 is 5.73 Å². The van der Waals surface area contributed by atoms with E-state index in [0.717, 1.165) is 10.4 Å². The van der Waals surface area contributed by atoms with Gasteiger partial charge in [0.2, 0.25) is 5.91 Å². The van der Waals surface area contributed by atoms with E-state index in [4.69, 9.17) is 22.6 Å². The van der Waals surface area contributed by atoms with Crippen LogP contribution >= 0.6 is 22.9 Å². The molecule has 1 amide bonds.